The van der Waals surface area contributed by atoms with Crippen LogP contribution in [-0.4, -0.2) is 73.8 Å². The molecule has 0 aliphatic carbocycles. The smallest absolute Gasteiger partial charge is 0.194 e. The van der Waals surface area contributed by atoms with Crippen LogP contribution in [0.15, 0.2) is 23.0 Å². The Morgan fingerprint density at radius 1 is 1.04 bits per heavy atom. The molecule has 0 spiro atoms. The molecule has 0 saturated carbocycles. The number of H-pyrrole nitrogens is 1. The number of anilines is 1. The number of nitrogens with one attached hydrogen (secondary N) is 1. The summed E-state index contributed by atoms with van der Waals surface area (Å²) in [4.78, 5) is 23.9. The molecule has 1 aromatic heterocycles. The van der Waals surface area contributed by atoms with Gasteiger partial charge in [-0.15, -0.1) is 0 Å². The number of rotatable bonds is 4. The van der Waals surface area contributed by atoms with Crippen molar-refractivity contribution < 1.29 is 4.74 Å². The zero-order chi connectivity index (χ0) is 18.8. The predicted molar refractivity (Wildman–Crippen MR) is 110 cm³/mol. The molecule has 0 atom stereocenters. The van der Waals surface area contributed by atoms with Crippen molar-refractivity contribution in [2.75, 3.05) is 63.9 Å². The summed E-state index contributed by atoms with van der Waals surface area (Å²) in [6.07, 6.45) is 0. The molecular formula is C21H30N4O2. The van der Waals surface area contributed by atoms with Crippen molar-refractivity contribution in [3.63, 3.8) is 0 Å². The van der Waals surface area contributed by atoms with Crippen LogP contribution in [0.4, 0.5) is 5.69 Å². The number of aromatic nitrogens is 1. The molecule has 2 fully saturated rings. The molecule has 6 heteroatoms. The van der Waals surface area contributed by atoms with Crippen molar-refractivity contribution in [1.82, 2.24) is 14.8 Å². The first-order valence-corrected chi connectivity index (χ1v) is 10.1. The van der Waals surface area contributed by atoms with Gasteiger partial charge < -0.3 is 19.5 Å². The van der Waals surface area contributed by atoms with Crippen molar-refractivity contribution in [3.8, 4) is 0 Å². The third kappa shape index (κ3) is 3.88. The number of benzene rings is 1. The number of aryl methyl sites for hydroxylation is 1. The fourth-order valence-electron chi connectivity index (χ4n) is 4.14. The maximum absolute atomic E-state index is 13.3. The zero-order valence-corrected chi connectivity index (χ0v) is 16.5. The molecule has 0 bridgehead atoms. The zero-order valence-electron chi connectivity index (χ0n) is 16.5. The fourth-order valence-corrected chi connectivity index (χ4v) is 4.14. The summed E-state index contributed by atoms with van der Waals surface area (Å²) in [6, 6.07) is 6.20. The summed E-state index contributed by atoms with van der Waals surface area (Å²) in [5.74, 6) is 0. The molecule has 27 heavy (non-hydrogen) atoms. The summed E-state index contributed by atoms with van der Waals surface area (Å²) in [6.45, 7) is 13.5. The van der Waals surface area contributed by atoms with Crippen LogP contribution < -0.4 is 10.3 Å². The standard InChI is InChI=1S/C21H30N4O2/c1-3-23-6-8-24(9-7-23)15-19-16(2)22-20-5-4-17(14-18(20)21(19)26)25-10-12-27-13-11-25/h4-5,14H,3,6-13,15H2,1-2H3,(H,22,26). The van der Waals surface area contributed by atoms with Crippen LogP contribution in [0.5, 0.6) is 0 Å². The van der Waals surface area contributed by atoms with Crippen LogP contribution in [-0.2, 0) is 11.3 Å². The highest BCUT2D eigenvalue weighted by Gasteiger charge is 2.19. The van der Waals surface area contributed by atoms with E-state index in [0.717, 1.165) is 93.4 Å². The van der Waals surface area contributed by atoms with Crippen molar-refractivity contribution in [2.45, 2.75) is 20.4 Å². The van der Waals surface area contributed by atoms with Gasteiger partial charge in [-0.05, 0) is 31.7 Å². The Hall–Kier alpha value is -1.89. The third-order valence-electron chi connectivity index (χ3n) is 5.97. The number of hydrogen-bond acceptors (Lipinski definition) is 5. The molecule has 1 aromatic carbocycles. The number of piperazine rings is 1. The van der Waals surface area contributed by atoms with Crippen LogP contribution in [0, 0.1) is 6.92 Å². The number of likely N-dealkylation sites (N-methyl/N-ethyl adjacent to an activating group) is 1. The first-order chi connectivity index (χ1) is 13.2. The number of fused-ring (bicyclic) bond motifs is 1. The normalized spacial score (nSPS) is 19.7. The highest BCUT2D eigenvalue weighted by Crippen LogP contribution is 2.22. The Balaban J connectivity index is 1.61. The number of aromatic amines is 1. The average Bonchev–Trinajstić information content (AvgIpc) is 2.72. The van der Waals surface area contributed by atoms with Crippen molar-refractivity contribution in [2.24, 2.45) is 0 Å². The Kier molecular flexibility index (Phi) is 5.48. The minimum Gasteiger partial charge on any atom is -0.378 e. The van der Waals surface area contributed by atoms with Crippen molar-refractivity contribution in [3.05, 3.63) is 39.7 Å². The lowest BCUT2D eigenvalue weighted by atomic mass is 10.1. The SMILES string of the molecule is CCN1CCN(Cc2c(C)[nH]c3ccc(N4CCOCC4)cc3c2=O)CC1. The number of morpholine rings is 1. The van der Waals surface area contributed by atoms with Crippen LogP contribution in [0.25, 0.3) is 10.9 Å². The van der Waals surface area contributed by atoms with Gasteiger partial charge in [-0.3, -0.25) is 9.69 Å². The van der Waals surface area contributed by atoms with Crippen molar-refractivity contribution in [1.29, 1.82) is 0 Å². The molecule has 6 nitrogen and oxygen atoms in total. The van der Waals surface area contributed by atoms with E-state index in [1.54, 1.807) is 0 Å². The lowest BCUT2D eigenvalue weighted by molar-refractivity contribution is 0.122. The second-order valence-corrected chi connectivity index (χ2v) is 7.60. The molecule has 0 radical (unpaired) electrons. The van der Waals surface area contributed by atoms with Gasteiger partial charge in [0.2, 0.25) is 0 Å². The lowest BCUT2D eigenvalue weighted by Gasteiger charge is -2.34. The van der Waals surface area contributed by atoms with Gasteiger partial charge in [-0.25, -0.2) is 0 Å². The summed E-state index contributed by atoms with van der Waals surface area (Å²) < 4.78 is 5.45. The van der Waals surface area contributed by atoms with Gasteiger partial charge in [0.25, 0.3) is 0 Å². The van der Waals surface area contributed by atoms with E-state index in [1.165, 1.54) is 0 Å². The molecule has 0 unspecified atom stereocenters. The van der Waals surface area contributed by atoms with Crippen molar-refractivity contribution >= 4 is 16.6 Å². The largest absolute Gasteiger partial charge is 0.378 e. The first-order valence-electron chi connectivity index (χ1n) is 10.1. The van der Waals surface area contributed by atoms with E-state index < -0.39 is 0 Å². The van der Waals surface area contributed by atoms with E-state index in [1.807, 2.05) is 13.0 Å². The summed E-state index contributed by atoms with van der Waals surface area (Å²) >= 11 is 0. The number of pyridine rings is 1. The molecule has 2 aromatic rings. The third-order valence-corrected chi connectivity index (χ3v) is 5.97. The molecule has 2 aliphatic rings. The summed E-state index contributed by atoms with van der Waals surface area (Å²) in [7, 11) is 0. The van der Waals surface area contributed by atoms with E-state index in [9.17, 15) is 4.79 Å². The molecule has 2 saturated heterocycles. The molecule has 2 aliphatic heterocycles. The Morgan fingerprint density at radius 3 is 2.44 bits per heavy atom. The van der Waals surface area contributed by atoms with Gasteiger partial charge in [-0.2, -0.15) is 0 Å². The van der Waals surface area contributed by atoms with Gasteiger partial charge in [0, 0.05) is 73.7 Å². The molecule has 146 valence electrons. The van der Waals surface area contributed by atoms with Crippen LogP contribution >= 0.6 is 0 Å². The van der Waals surface area contributed by atoms with Crippen LogP contribution in [0.2, 0.25) is 0 Å². The van der Waals surface area contributed by atoms with Gasteiger partial charge in [0.15, 0.2) is 5.43 Å². The Morgan fingerprint density at radius 2 is 1.74 bits per heavy atom. The number of hydrogen-bond donors (Lipinski definition) is 1. The predicted octanol–water partition coefficient (Wildman–Crippen LogP) is 1.81. The molecule has 0 amide bonds. The van der Waals surface area contributed by atoms with Crippen LogP contribution in [0.3, 0.4) is 0 Å². The van der Waals surface area contributed by atoms with Gasteiger partial charge in [-0.1, -0.05) is 6.92 Å². The highest BCUT2D eigenvalue weighted by molar-refractivity contribution is 5.83. The quantitative estimate of drug-likeness (QED) is 0.890. The number of ether oxygens (including phenoxy) is 1. The second-order valence-electron chi connectivity index (χ2n) is 7.60. The average molecular weight is 370 g/mol. The summed E-state index contributed by atoms with van der Waals surface area (Å²) in [5, 5.41) is 0.798. The Bertz CT molecular complexity index is 849. The second kappa shape index (κ2) is 8.00. The minimum atomic E-state index is 0.175. The van der Waals surface area contributed by atoms with Gasteiger partial charge in [0.05, 0.1) is 13.2 Å². The summed E-state index contributed by atoms with van der Waals surface area (Å²) in [5.41, 5.74) is 4.11. The molecule has 4 rings (SSSR count). The minimum absolute atomic E-state index is 0.175. The number of nitrogens with zero attached hydrogens (tertiary/aromatic N) is 3. The van der Waals surface area contributed by atoms with E-state index in [4.69, 9.17) is 4.74 Å². The maximum Gasteiger partial charge on any atom is 0.194 e. The van der Waals surface area contributed by atoms with E-state index in [-0.39, 0.29) is 5.43 Å². The lowest BCUT2D eigenvalue weighted by Crippen LogP contribution is -2.46. The van der Waals surface area contributed by atoms with E-state index in [2.05, 4.69) is 38.7 Å². The highest BCUT2D eigenvalue weighted by atomic mass is 16.5. The van der Waals surface area contributed by atoms with E-state index >= 15 is 0 Å². The van der Waals surface area contributed by atoms with E-state index in [0.29, 0.717) is 0 Å². The van der Waals surface area contributed by atoms with Crippen LogP contribution in [0.1, 0.15) is 18.2 Å². The molecular weight excluding hydrogens is 340 g/mol. The topological polar surface area (TPSA) is 51.8 Å². The molecule has 1 N–H and O–H groups in total. The maximum atomic E-state index is 13.3. The fraction of sp³-hybridized carbons (Fsp3) is 0.571. The van der Waals surface area contributed by atoms with Gasteiger partial charge >= 0.3 is 0 Å². The Labute approximate surface area is 160 Å². The van der Waals surface area contributed by atoms with Gasteiger partial charge in [0.1, 0.15) is 0 Å². The monoisotopic (exact) mass is 370 g/mol. The molecule has 3 heterocycles. The first kappa shape index (κ1) is 18.5.